The molecule has 100 valence electrons. The number of rotatable bonds is 4. The summed E-state index contributed by atoms with van der Waals surface area (Å²) in [5.41, 5.74) is 1.03. The van der Waals surface area contributed by atoms with Crippen molar-refractivity contribution < 1.29 is 9.90 Å². The normalized spacial score (nSPS) is 10.6. The molecular weight excluding hydrogens is 252 g/mol. The van der Waals surface area contributed by atoms with Gasteiger partial charge < -0.3 is 5.11 Å². The molecule has 19 heavy (non-hydrogen) atoms. The van der Waals surface area contributed by atoms with E-state index in [9.17, 15) is 9.59 Å². The molecule has 0 saturated heterocycles. The van der Waals surface area contributed by atoms with Crippen molar-refractivity contribution in [1.29, 1.82) is 0 Å². The summed E-state index contributed by atoms with van der Waals surface area (Å²) in [6, 6.07) is 0. The van der Waals surface area contributed by atoms with Crippen LogP contribution in [0, 0.1) is 13.8 Å². The molecule has 0 fully saturated rings. The van der Waals surface area contributed by atoms with Crippen LogP contribution in [0.3, 0.4) is 0 Å². The Morgan fingerprint density at radius 1 is 1.42 bits per heavy atom. The molecule has 2 aromatic rings. The first kappa shape index (κ1) is 12.9. The summed E-state index contributed by atoms with van der Waals surface area (Å²) in [7, 11) is 0. The number of aryl methyl sites for hydroxylation is 1. The maximum absolute atomic E-state index is 11.8. The van der Waals surface area contributed by atoms with E-state index in [1.54, 1.807) is 13.8 Å². The zero-order valence-corrected chi connectivity index (χ0v) is 10.4. The van der Waals surface area contributed by atoms with Crippen molar-refractivity contribution in [2.24, 2.45) is 0 Å². The number of aromatic nitrogens is 6. The molecule has 9 nitrogen and oxygen atoms in total. The van der Waals surface area contributed by atoms with E-state index in [1.165, 1.54) is 4.57 Å². The zero-order chi connectivity index (χ0) is 14.0. The van der Waals surface area contributed by atoms with Crippen LogP contribution in [0.5, 0.6) is 0 Å². The van der Waals surface area contributed by atoms with Crippen LogP contribution >= 0.6 is 0 Å². The zero-order valence-electron chi connectivity index (χ0n) is 10.4. The van der Waals surface area contributed by atoms with Crippen LogP contribution in [-0.4, -0.2) is 41.3 Å². The van der Waals surface area contributed by atoms with Gasteiger partial charge in [-0.3, -0.25) is 9.36 Å². The quantitative estimate of drug-likeness (QED) is 0.728. The lowest BCUT2D eigenvalue weighted by atomic mass is 10.1. The lowest BCUT2D eigenvalue weighted by Crippen LogP contribution is -2.29. The van der Waals surface area contributed by atoms with Crippen LogP contribution in [0.2, 0.25) is 0 Å². The van der Waals surface area contributed by atoms with Gasteiger partial charge in [-0.1, -0.05) is 5.21 Å². The number of carboxylic acid groups (broad SMARTS) is 1. The molecule has 0 unspecified atom stereocenters. The highest BCUT2D eigenvalue weighted by Crippen LogP contribution is 2.10. The largest absolute Gasteiger partial charge is 0.481 e. The molecule has 0 bridgehead atoms. The van der Waals surface area contributed by atoms with Gasteiger partial charge in [0.1, 0.15) is 0 Å². The minimum Gasteiger partial charge on any atom is -0.481 e. The minimum atomic E-state index is -0.974. The highest BCUT2D eigenvalue weighted by Gasteiger charge is 2.15. The van der Waals surface area contributed by atoms with Crippen LogP contribution in [-0.2, 0) is 17.8 Å². The first-order valence-electron chi connectivity index (χ1n) is 5.50. The van der Waals surface area contributed by atoms with Gasteiger partial charge in [0.05, 0.1) is 13.0 Å². The number of aliphatic carboxylic acids is 1. The molecule has 2 heterocycles. The first-order chi connectivity index (χ1) is 8.99. The van der Waals surface area contributed by atoms with Crippen LogP contribution in [0.1, 0.15) is 22.8 Å². The monoisotopic (exact) mass is 264 g/mol. The molecule has 0 aliphatic carbocycles. The van der Waals surface area contributed by atoms with Crippen molar-refractivity contribution in [3.8, 4) is 0 Å². The van der Waals surface area contributed by atoms with E-state index < -0.39 is 11.7 Å². The highest BCUT2D eigenvalue weighted by molar-refractivity contribution is 5.70. The van der Waals surface area contributed by atoms with E-state index in [2.05, 4.69) is 25.6 Å². The summed E-state index contributed by atoms with van der Waals surface area (Å²) in [6.07, 6.45) is -0.183. The number of hydrogen-bond acceptors (Lipinski definition) is 6. The Bertz CT molecular complexity index is 661. The van der Waals surface area contributed by atoms with Gasteiger partial charge >= 0.3 is 11.7 Å². The molecule has 0 aliphatic heterocycles. The van der Waals surface area contributed by atoms with Crippen molar-refractivity contribution in [1.82, 2.24) is 30.2 Å². The Morgan fingerprint density at radius 3 is 2.74 bits per heavy atom. The number of nitrogens with zero attached hydrogens (tertiary/aromatic N) is 5. The molecule has 2 N–H and O–H groups in total. The predicted molar refractivity (Wildman–Crippen MR) is 62.6 cm³/mol. The molecule has 0 spiro atoms. The van der Waals surface area contributed by atoms with E-state index in [4.69, 9.17) is 5.11 Å². The van der Waals surface area contributed by atoms with Crippen LogP contribution in [0.15, 0.2) is 4.79 Å². The van der Waals surface area contributed by atoms with E-state index in [0.29, 0.717) is 22.8 Å². The summed E-state index contributed by atoms with van der Waals surface area (Å²) in [6.45, 7) is 3.39. The Kier molecular flexibility index (Phi) is 3.36. The molecule has 9 heteroatoms. The molecule has 2 rings (SSSR count). The predicted octanol–water partition coefficient (Wildman–Crippen LogP) is -0.951. The summed E-state index contributed by atoms with van der Waals surface area (Å²) in [5, 5.41) is 22.1. The fourth-order valence-corrected chi connectivity index (χ4v) is 1.82. The van der Waals surface area contributed by atoms with Crippen LogP contribution < -0.4 is 5.69 Å². The Hall–Kier alpha value is -2.58. The third-order valence-electron chi connectivity index (χ3n) is 2.79. The summed E-state index contributed by atoms with van der Waals surface area (Å²) < 4.78 is 1.33. The number of nitrogens with one attached hydrogen (secondary N) is 1. The first-order valence-corrected chi connectivity index (χ1v) is 5.50. The van der Waals surface area contributed by atoms with Crippen molar-refractivity contribution in [2.75, 3.05) is 0 Å². The second-order valence-electron chi connectivity index (χ2n) is 4.03. The second kappa shape index (κ2) is 4.96. The fourth-order valence-electron chi connectivity index (χ4n) is 1.82. The average Bonchev–Trinajstić information content (AvgIpc) is 2.82. The molecule has 0 atom stereocenters. The molecule has 0 aliphatic rings. The van der Waals surface area contributed by atoms with E-state index in [-0.39, 0.29) is 13.0 Å². The third kappa shape index (κ3) is 2.64. The van der Waals surface area contributed by atoms with E-state index >= 15 is 0 Å². The fraction of sp³-hybridized carbons (Fsp3) is 0.400. The average molecular weight is 264 g/mol. The SMILES string of the molecule is Cc1nc(=O)n(Cc2nn[nH]n2)c(C)c1CC(=O)O. The number of hydrogen-bond donors (Lipinski definition) is 2. The molecule has 0 aromatic carbocycles. The Labute approximate surface area is 107 Å². The molecule has 0 radical (unpaired) electrons. The van der Waals surface area contributed by atoms with Gasteiger partial charge in [-0.05, 0) is 13.8 Å². The second-order valence-corrected chi connectivity index (χ2v) is 4.03. The molecule has 0 saturated carbocycles. The lowest BCUT2D eigenvalue weighted by Gasteiger charge is -2.12. The summed E-state index contributed by atoms with van der Waals surface area (Å²) >= 11 is 0. The Morgan fingerprint density at radius 2 is 2.16 bits per heavy atom. The van der Waals surface area contributed by atoms with Crippen LogP contribution in [0.25, 0.3) is 0 Å². The van der Waals surface area contributed by atoms with Crippen molar-refractivity contribution >= 4 is 5.97 Å². The van der Waals surface area contributed by atoms with Crippen molar-refractivity contribution in [2.45, 2.75) is 26.8 Å². The molecule has 0 amide bonds. The number of tetrazole rings is 1. The van der Waals surface area contributed by atoms with E-state index in [1.807, 2.05) is 0 Å². The van der Waals surface area contributed by atoms with Gasteiger partial charge in [-0.2, -0.15) is 10.2 Å². The smallest absolute Gasteiger partial charge is 0.348 e. The van der Waals surface area contributed by atoms with Gasteiger partial charge in [0.15, 0.2) is 5.82 Å². The van der Waals surface area contributed by atoms with Gasteiger partial charge in [-0.15, -0.1) is 10.2 Å². The maximum Gasteiger partial charge on any atom is 0.348 e. The maximum atomic E-state index is 11.8. The summed E-state index contributed by atoms with van der Waals surface area (Å²) in [4.78, 5) is 26.5. The van der Waals surface area contributed by atoms with Crippen molar-refractivity contribution in [3.63, 3.8) is 0 Å². The van der Waals surface area contributed by atoms with Crippen LogP contribution in [0.4, 0.5) is 0 Å². The van der Waals surface area contributed by atoms with Gasteiger partial charge in [0, 0.05) is 17.0 Å². The van der Waals surface area contributed by atoms with E-state index in [0.717, 1.165) is 0 Å². The Balaban J connectivity index is 2.48. The molecule has 2 aromatic heterocycles. The van der Waals surface area contributed by atoms with Gasteiger partial charge in [0.2, 0.25) is 0 Å². The van der Waals surface area contributed by atoms with Crippen molar-refractivity contribution in [3.05, 3.63) is 33.3 Å². The third-order valence-corrected chi connectivity index (χ3v) is 2.79. The number of H-pyrrole nitrogens is 1. The van der Waals surface area contributed by atoms with Gasteiger partial charge in [-0.25, -0.2) is 4.79 Å². The van der Waals surface area contributed by atoms with Gasteiger partial charge in [0.25, 0.3) is 0 Å². The standard InChI is InChI=1S/C10H12N6O3/c1-5-7(3-9(17)18)6(2)16(10(19)11-5)4-8-12-14-15-13-8/h3-4H2,1-2H3,(H,17,18)(H,12,13,14,15). The number of carbonyl (C=O) groups is 1. The highest BCUT2D eigenvalue weighted by atomic mass is 16.4. The minimum absolute atomic E-state index is 0.0983. The number of carboxylic acids is 1. The summed E-state index contributed by atoms with van der Waals surface area (Å²) in [5.74, 6) is -0.644. The lowest BCUT2D eigenvalue weighted by molar-refractivity contribution is -0.136. The topological polar surface area (TPSA) is 127 Å². The molecular formula is C10H12N6O3. The number of aromatic amines is 1.